The first-order valence-electron chi connectivity index (χ1n) is 9.03. The van der Waals surface area contributed by atoms with Gasteiger partial charge in [0.1, 0.15) is 12.1 Å². The van der Waals surface area contributed by atoms with Crippen LogP contribution in [0.25, 0.3) is 5.82 Å². The first-order chi connectivity index (χ1) is 14.2. The van der Waals surface area contributed by atoms with Crippen LogP contribution in [0.2, 0.25) is 0 Å². The van der Waals surface area contributed by atoms with E-state index in [-0.39, 0.29) is 12.1 Å². The lowest BCUT2D eigenvalue weighted by Crippen LogP contribution is -2.35. The second kappa shape index (κ2) is 9.28. The topological polar surface area (TPSA) is 101 Å². The van der Waals surface area contributed by atoms with Crippen LogP contribution in [0.1, 0.15) is 23.0 Å². The number of para-hydroxylation sites is 1. The molecule has 0 aliphatic heterocycles. The van der Waals surface area contributed by atoms with Gasteiger partial charge < -0.3 is 4.74 Å². The van der Waals surface area contributed by atoms with Crippen molar-refractivity contribution < 1.29 is 14.3 Å². The number of nitriles is 1. The van der Waals surface area contributed by atoms with Gasteiger partial charge in [-0.15, -0.1) is 0 Å². The van der Waals surface area contributed by atoms with Crippen molar-refractivity contribution in [2.75, 3.05) is 18.1 Å². The summed E-state index contributed by atoms with van der Waals surface area (Å²) < 4.78 is 6.79. The molecule has 146 valence electrons. The zero-order chi connectivity index (χ0) is 20.6. The molecular weight excluding hydrogens is 370 g/mol. The normalized spacial score (nSPS) is 10.2. The maximum Gasteiger partial charge on any atom is 0.342 e. The van der Waals surface area contributed by atoms with Gasteiger partial charge >= 0.3 is 5.97 Å². The highest BCUT2D eigenvalue weighted by molar-refractivity contribution is 5.97. The molecule has 29 heavy (non-hydrogen) atoms. The van der Waals surface area contributed by atoms with Crippen LogP contribution in [0.3, 0.4) is 0 Å². The van der Waals surface area contributed by atoms with E-state index < -0.39 is 18.5 Å². The molecule has 0 unspecified atom stereocenters. The van der Waals surface area contributed by atoms with E-state index in [2.05, 4.69) is 10.1 Å². The first-order valence-corrected chi connectivity index (χ1v) is 9.03. The molecule has 8 nitrogen and oxygen atoms in total. The minimum Gasteiger partial charge on any atom is -0.452 e. The standard InChI is InChI=1S/C21H19N5O3/c1-2-18-17(14-24-26(18)19-10-6-7-12-23-19)21(28)29-15-20(27)25(13-11-22)16-8-4-3-5-9-16/h3-10,12,14H,2,13,15H2,1H3. The molecule has 8 heteroatoms. The van der Waals surface area contributed by atoms with Gasteiger partial charge in [-0.2, -0.15) is 10.4 Å². The molecule has 2 aromatic heterocycles. The van der Waals surface area contributed by atoms with Crippen molar-refractivity contribution in [3.8, 4) is 11.9 Å². The van der Waals surface area contributed by atoms with Crippen molar-refractivity contribution >= 4 is 17.6 Å². The van der Waals surface area contributed by atoms with Crippen LogP contribution in [-0.4, -0.2) is 39.8 Å². The maximum atomic E-state index is 12.6. The number of carbonyl (C=O) groups is 2. The number of esters is 1. The van der Waals surface area contributed by atoms with Crippen LogP contribution in [0.15, 0.2) is 60.9 Å². The molecule has 0 N–H and O–H groups in total. The molecule has 1 amide bonds. The fraction of sp³-hybridized carbons (Fsp3) is 0.190. The summed E-state index contributed by atoms with van der Waals surface area (Å²) in [6.45, 7) is 1.27. The van der Waals surface area contributed by atoms with Gasteiger partial charge in [0.15, 0.2) is 12.4 Å². The Morgan fingerprint density at radius 3 is 2.59 bits per heavy atom. The van der Waals surface area contributed by atoms with Gasteiger partial charge in [-0.1, -0.05) is 31.2 Å². The predicted octanol–water partition coefficient (Wildman–Crippen LogP) is 2.54. The summed E-state index contributed by atoms with van der Waals surface area (Å²) in [5, 5.41) is 13.2. The Morgan fingerprint density at radius 1 is 1.17 bits per heavy atom. The van der Waals surface area contributed by atoms with Gasteiger partial charge in [-0.3, -0.25) is 9.69 Å². The molecular formula is C21H19N5O3. The van der Waals surface area contributed by atoms with E-state index in [9.17, 15) is 9.59 Å². The lowest BCUT2D eigenvalue weighted by molar-refractivity contribution is -0.121. The minimum absolute atomic E-state index is 0.141. The summed E-state index contributed by atoms with van der Waals surface area (Å²) in [5.41, 5.74) is 1.47. The van der Waals surface area contributed by atoms with E-state index in [1.807, 2.05) is 25.1 Å². The van der Waals surface area contributed by atoms with E-state index >= 15 is 0 Å². The Balaban J connectivity index is 1.73. The average molecular weight is 389 g/mol. The number of hydrogen-bond donors (Lipinski definition) is 0. The third-order valence-electron chi connectivity index (χ3n) is 4.21. The number of ether oxygens (including phenoxy) is 1. The Kier molecular flexibility index (Phi) is 6.32. The molecule has 0 atom stereocenters. The Hall–Kier alpha value is -3.99. The van der Waals surface area contributed by atoms with Gasteiger partial charge in [0.25, 0.3) is 5.91 Å². The van der Waals surface area contributed by atoms with E-state index in [4.69, 9.17) is 10.00 Å². The highest BCUT2D eigenvalue weighted by Crippen LogP contribution is 2.16. The van der Waals surface area contributed by atoms with Crippen LogP contribution in [0, 0.1) is 11.3 Å². The fourth-order valence-electron chi connectivity index (χ4n) is 2.85. The number of hydrogen-bond acceptors (Lipinski definition) is 6. The third kappa shape index (κ3) is 4.47. The maximum absolute atomic E-state index is 12.6. The number of anilines is 1. The number of nitrogens with zero attached hydrogens (tertiary/aromatic N) is 5. The second-order valence-corrected chi connectivity index (χ2v) is 6.01. The predicted molar refractivity (Wildman–Crippen MR) is 105 cm³/mol. The second-order valence-electron chi connectivity index (χ2n) is 6.01. The number of benzene rings is 1. The Labute approximate surface area is 168 Å². The SMILES string of the molecule is CCc1c(C(=O)OCC(=O)N(CC#N)c2ccccc2)cnn1-c1ccccn1. The molecule has 0 bridgehead atoms. The lowest BCUT2D eigenvalue weighted by Gasteiger charge is -2.19. The largest absolute Gasteiger partial charge is 0.452 e. The molecule has 0 saturated carbocycles. The first kappa shape index (κ1) is 19.8. The van der Waals surface area contributed by atoms with Gasteiger partial charge in [-0.05, 0) is 30.7 Å². The van der Waals surface area contributed by atoms with Crippen LogP contribution < -0.4 is 4.90 Å². The van der Waals surface area contributed by atoms with Crippen LogP contribution in [0.5, 0.6) is 0 Å². The van der Waals surface area contributed by atoms with Crippen molar-refractivity contribution in [3.05, 3.63) is 72.2 Å². The van der Waals surface area contributed by atoms with E-state index in [1.54, 1.807) is 47.3 Å². The molecule has 0 aliphatic carbocycles. The zero-order valence-corrected chi connectivity index (χ0v) is 15.9. The van der Waals surface area contributed by atoms with Gasteiger partial charge in [0, 0.05) is 11.9 Å². The van der Waals surface area contributed by atoms with Crippen molar-refractivity contribution in [2.45, 2.75) is 13.3 Å². The molecule has 0 saturated heterocycles. The molecule has 0 aliphatic rings. The summed E-state index contributed by atoms with van der Waals surface area (Å²) in [6, 6.07) is 16.1. The highest BCUT2D eigenvalue weighted by atomic mass is 16.5. The molecule has 1 aromatic carbocycles. The van der Waals surface area contributed by atoms with E-state index in [0.717, 1.165) is 0 Å². The molecule has 0 fully saturated rings. The van der Waals surface area contributed by atoms with Crippen LogP contribution >= 0.6 is 0 Å². The van der Waals surface area contributed by atoms with Crippen LogP contribution in [0.4, 0.5) is 5.69 Å². The van der Waals surface area contributed by atoms with Gasteiger partial charge in [0.2, 0.25) is 0 Å². The van der Waals surface area contributed by atoms with Crippen molar-refractivity contribution in [1.82, 2.24) is 14.8 Å². The van der Waals surface area contributed by atoms with Crippen molar-refractivity contribution in [3.63, 3.8) is 0 Å². The highest BCUT2D eigenvalue weighted by Gasteiger charge is 2.22. The van der Waals surface area contributed by atoms with Crippen LogP contribution in [-0.2, 0) is 16.0 Å². The minimum atomic E-state index is -0.651. The van der Waals surface area contributed by atoms with E-state index in [0.29, 0.717) is 23.6 Å². The quantitative estimate of drug-likeness (QED) is 0.455. The fourth-order valence-corrected chi connectivity index (χ4v) is 2.85. The van der Waals surface area contributed by atoms with Crippen molar-refractivity contribution in [1.29, 1.82) is 5.26 Å². The molecule has 0 radical (unpaired) electrons. The summed E-state index contributed by atoms with van der Waals surface area (Å²) in [7, 11) is 0. The number of carbonyl (C=O) groups excluding carboxylic acids is 2. The molecule has 3 rings (SSSR count). The Bertz CT molecular complexity index is 1030. The van der Waals surface area contributed by atoms with Gasteiger partial charge in [-0.25, -0.2) is 14.5 Å². The molecule has 2 heterocycles. The molecule has 0 spiro atoms. The summed E-state index contributed by atoms with van der Waals surface area (Å²) >= 11 is 0. The lowest BCUT2D eigenvalue weighted by atomic mass is 10.2. The summed E-state index contributed by atoms with van der Waals surface area (Å²) in [5.74, 6) is -0.549. The zero-order valence-electron chi connectivity index (χ0n) is 15.9. The summed E-state index contributed by atoms with van der Waals surface area (Å²) in [6.07, 6.45) is 3.57. The number of rotatable bonds is 7. The van der Waals surface area contributed by atoms with Crippen molar-refractivity contribution in [2.24, 2.45) is 0 Å². The van der Waals surface area contributed by atoms with E-state index in [1.165, 1.54) is 11.1 Å². The summed E-state index contributed by atoms with van der Waals surface area (Å²) in [4.78, 5) is 30.6. The number of pyridine rings is 1. The number of amides is 1. The smallest absolute Gasteiger partial charge is 0.342 e. The average Bonchev–Trinajstić information content (AvgIpc) is 3.21. The van der Waals surface area contributed by atoms with Gasteiger partial charge in [0.05, 0.1) is 18.0 Å². The third-order valence-corrected chi connectivity index (χ3v) is 4.21. The molecule has 3 aromatic rings. The Morgan fingerprint density at radius 2 is 1.93 bits per heavy atom. The number of aromatic nitrogens is 3. The monoisotopic (exact) mass is 389 g/mol.